The summed E-state index contributed by atoms with van der Waals surface area (Å²) < 4.78 is 12.6. The molecule has 2 aliphatic carbocycles. The quantitative estimate of drug-likeness (QED) is 0.548. The van der Waals surface area contributed by atoms with Crippen molar-refractivity contribution in [1.82, 2.24) is 4.90 Å². The predicted molar refractivity (Wildman–Crippen MR) is 120 cm³/mol. The molecule has 6 rings (SSSR count). The van der Waals surface area contributed by atoms with E-state index in [-0.39, 0.29) is 41.0 Å². The van der Waals surface area contributed by atoms with E-state index in [9.17, 15) is 4.79 Å². The van der Waals surface area contributed by atoms with E-state index in [1.807, 2.05) is 0 Å². The molecule has 3 saturated heterocycles. The van der Waals surface area contributed by atoms with Crippen molar-refractivity contribution in [2.75, 3.05) is 37.6 Å². The molecule has 0 N–H and O–H groups in total. The van der Waals surface area contributed by atoms with Gasteiger partial charge in [0.25, 0.3) is 0 Å². The van der Waals surface area contributed by atoms with Crippen molar-refractivity contribution in [1.29, 1.82) is 0 Å². The average molecular weight is 425 g/mol. The van der Waals surface area contributed by atoms with Crippen LogP contribution in [0.2, 0.25) is 0 Å². The number of rotatable bonds is 3. The first-order valence-corrected chi connectivity index (χ1v) is 12.3. The number of hydrogen-bond donors (Lipinski definition) is 0. The van der Waals surface area contributed by atoms with Crippen molar-refractivity contribution in [3.8, 4) is 0 Å². The minimum atomic E-state index is -0.0291. The number of aryl methyl sites for hydroxylation is 1. The lowest BCUT2D eigenvalue weighted by atomic mass is 9.53. The fourth-order valence-corrected chi connectivity index (χ4v) is 7.73. The lowest BCUT2D eigenvalue weighted by Crippen LogP contribution is -2.55. The maximum absolute atomic E-state index is 13.0. The first-order valence-electron chi connectivity index (χ1n) is 12.3. The van der Waals surface area contributed by atoms with Crippen LogP contribution in [0.1, 0.15) is 45.1 Å². The zero-order chi connectivity index (χ0) is 21.4. The standard InChI is InChI=1S/C26H36N2O3/c1-17-6-4-8-19(14-17)28-12-10-27(11-13-28)16-20-22-21(30-24(20)29)15-25(3)9-5-7-18(2)26(25)23(22)31-26/h4,6,8,14,18,20-23H,5,7,9-13,15-16H2,1-3H3/t18-,20+,21+,22-,23+,25-,26-/m0/s1. The summed E-state index contributed by atoms with van der Waals surface area (Å²) in [7, 11) is 0. The lowest BCUT2D eigenvalue weighted by molar-refractivity contribution is -0.146. The van der Waals surface area contributed by atoms with Crippen LogP contribution in [0.4, 0.5) is 5.69 Å². The summed E-state index contributed by atoms with van der Waals surface area (Å²) in [6.07, 6.45) is 5.00. The number of ether oxygens (including phenoxy) is 2. The average Bonchev–Trinajstić information content (AvgIpc) is 3.43. The summed E-state index contributed by atoms with van der Waals surface area (Å²) in [6, 6.07) is 8.76. The second kappa shape index (κ2) is 6.95. The summed E-state index contributed by atoms with van der Waals surface area (Å²) in [5.41, 5.74) is 2.79. The van der Waals surface area contributed by atoms with E-state index in [4.69, 9.17) is 9.47 Å². The molecule has 0 amide bonds. The van der Waals surface area contributed by atoms with Gasteiger partial charge in [-0.3, -0.25) is 9.69 Å². The maximum atomic E-state index is 13.0. The molecule has 1 spiro atoms. The summed E-state index contributed by atoms with van der Waals surface area (Å²) in [4.78, 5) is 17.9. The molecular formula is C26H36N2O3. The van der Waals surface area contributed by atoms with Gasteiger partial charge in [0.05, 0.1) is 12.0 Å². The zero-order valence-electron chi connectivity index (χ0n) is 19.2. The minimum absolute atomic E-state index is 0.00249. The van der Waals surface area contributed by atoms with Crippen LogP contribution >= 0.6 is 0 Å². The van der Waals surface area contributed by atoms with Crippen LogP contribution in [0.15, 0.2) is 24.3 Å². The van der Waals surface area contributed by atoms with E-state index in [1.54, 1.807) is 0 Å². The second-order valence-corrected chi connectivity index (χ2v) is 11.2. The molecule has 5 fully saturated rings. The molecule has 3 aliphatic heterocycles. The highest BCUT2D eigenvalue weighted by atomic mass is 16.6. The number of epoxide rings is 1. The molecule has 5 aliphatic rings. The molecule has 5 heteroatoms. The van der Waals surface area contributed by atoms with Crippen molar-refractivity contribution in [3.63, 3.8) is 0 Å². The molecule has 1 aromatic carbocycles. The molecule has 2 saturated carbocycles. The molecule has 7 atom stereocenters. The maximum Gasteiger partial charge on any atom is 0.311 e. The van der Waals surface area contributed by atoms with Crippen LogP contribution < -0.4 is 4.90 Å². The monoisotopic (exact) mass is 424 g/mol. The Labute approximate surface area is 186 Å². The molecule has 168 valence electrons. The first-order chi connectivity index (χ1) is 14.9. The second-order valence-electron chi connectivity index (χ2n) is 11.2. The molecule has 0 bridgehead atoms. The topological polar surface area (TPSA) is 45.3 Å². The Hall–Kier alpha value is -1.59. The fourth-order valence-electron chi connectivity index (χ4n) is 7.73. The van der Waals surface area contributed by atoms with Crippen LogP contribution in [-0.2, 0) is 14.3 Å². The number of hydrogen-bond acceptors (Lipinski definition) is 5. The predicted octanol–water partition coefficient (Wildman–Crippen LogP) is 3.64. The van der Waals surface area contributed by atoms with Crippen molar-refractivity contribution in [2.24, 2.45) is 23.2 Å². The molecule has 1 aromatic rings. The molecule has 0 radical (unpaired) electrons. The number of carbonyl (C=O) groups excluding carboxylic acids is 1. The largest absolute Gasteiger partial charge is 0.462 e. The van der Waals surface area contributed by atoms with Gasteiger partial charge < -0.3 is 14.4 Å². The smallest absolute Gasteiger partial charge is 0.311 e. The minimum Gasteiger partial charge on any atom is -0.462 e. The third-order valence-electron chi connectivity index (χ3n) is 9.39. The van der Waals surface area contributed by atoms with E-state index in [2.05, 4.69) is 54.8 Å². The van der Waals surface area contributed by atoms with Crippen molar-refractivity contribution >= 4 is 11.7 Å². The van der Waals surface area contributed by atoms with E-state index >= 15 is 0 Å². The van der Waals surface area contributed by atoms with E-state index in [0.717, 1.165) is 39.1 Å². The third-order valence-corrected chi connectivity index (χ3v) is 9.39. The number of esters is 1. The Kier molecular flexibility index (Phi) is 4.50. The van der Waals surface area contributed by atoms with Gasteiger partial charge in [-0.25, -0.2) is 0 Å². The van der Waals surface area contributed by atoms with Gasteiger partial charge in [0.2, 0.25) is 0 Å². The number of anilines is 1. The molecule has 5 nitrogen and oxygen atoms in total. The van der Waals surface area contributed by atoms with Gasteiger partial charge in [-0.15, -0.1) is 0 Å². The lowest BCUT2D eigenvalue weighted by Gasteiger charge is -2.49. The SMILES string of the molecule is Cc1cccc(N2CCN(C[C@H]3C(=O)O[C@@H]4C[C@]5(C)CCC[C@H](C)[C@@]56O[C@@H]6[C@H]43)CC2)c1. The van der Waals surface area contributed by atoms with Gasteiger partial charge in [0.15, 0.2) is 0 Å². The van der Waals surface area contributed by atoms with Crippen LogP contribution in [0, 0.1) is 30.1 Å². The van der Waals surface area contributed by atoms with Gasteiger partial charge in [0, 0.05) is 49.7 Å². The van der Waals surface area contributed by atoms with Crippen molar-refractivity contribution in [3.05, 3.63) is 29.8 Å². The van der Waals surface area contributed by atoms with Crippen LogP contribution in [0.25, 0.3) is 0 Å². The Morgan fingerprint density at radius 2 is 2.00 bits per heavy atom. The number of nitrogens with zero attached hydrogens (tertiary/aromatic N) is 2. The van der Waals surface area contributed by atoms with E-state index < -0.39 is 0 Å². The highest BCUT2D eigenvalue weighted by molar-refractivity contribution is 5.76. The number of benzene rings is 1. The Balaban J connectivity index is 1.14. The molecular weight excluding hydrogens is 388 g/mol. The number of piperazine rings is 1. The summed E-state index contributed by atoms with van der Waals surface area (Å²) in [6.45, 7) is 11.8. The third kappa shape index (κ3) is 2.92. The van der Waals surface area contributed by atoms with E-state index in [1.165, 1.54) is 30.5 Å². The first kappa shape index (κ1) is 20.0. The molecule has 3 heterocycles. The Morgan fingerprint density at radius 3 is 2.77 bits per heavy atom. The van der Waals surface area contributed by atoms with Gasteiger partial charge >= 0.3 is 5.97 Å². The number of fused-ring (bicyclic) bond motifs is 2. The Morgan fingerprint density at radius 1 is 1.19 bits per heavy atom. The Bertz CT molecular complexity index is 881. The zero-order valence-corrected chi connectivity index (χ0v) is 19.2. The fraction of sp³-hybridized carbons (Fsp3) is 0.731. The van der Waals surface area contributed by atoms with Crippen molar-refractivity contribution in [2.45, 2.75) is 64.3 Å². The van der Waals surface area contributed by atoms with Gasteiger partial charge in [0.1, 0.15) is 11.7 Å². The highest BCUT2D eigenvalue weighted by Gasteiger charge is 2.78. The van der Waals surface area contributed by atoms with E-state index in [0.29, 0.717) is 5.92 Å². The van der Waals surface area contributed by atoms with Crippen LogP contribution in [-0.4, -0.2) is 61.4 Å². The number of carbonyl (C=O) groups is 1. The summed E-state index contributed by atoms with van der Waals surface area (Å²) in [5, 5.41) is 0. The van der Waals surface area contributed by atoms with Crippen LogP contribution in [0.5, 0.6) is 0 Å². The normalized spacial score (nSPS) is 44.3. The summed E-state index contributed by atoms with van der Waals surface area (Å²) >= 11 is 0. The van der Waals surface area contributed by atoms with Crippen molar-refractivity contribution < 1.29 is 14.3 Å². The van der Waals surface area contributed by atoms with Gasteiger partial charge in [-0.05, 0) is 49.8 Å². The van der Waals surface area contributed by atoms with Gasteiger partial charge in [-0.2, -0.15) is 0 Å². The van der Waals surface area contributed by atoms with Gasteiger partial charge in [-0.1, -0.05) is 32.4 Å². The molecule has 0 aromatic heterocycles. The molecule has 31 heavy (non-hydrogen) atoms. The molecule has 0 unspecified atom stereocenters. The van der Waals surface area contributed by atoms with Crippen LogP contribution in [0.3, 0.4) is 0 Å². The summed E-state index contributed by atoms with van der Waals surface area (Å²) in [5.74, 6) is 0.831. The highest BCUT2D eigenvalue weighted by Crippen LogP contribution is 2.70.